The minimum atomic E-state index is 0.279. The van der Waals surface area contributed by atoms with Crippen LogP contribution in [-0.2, 0) is 6.42 Å². The SMILES string of the molecule is COc1ccc(OC)c(CCCC(N)C(C)C)c1. The second-order valence-electron chi connectivity index (χ2n) is 4.98. The fraction of sp³-hybridized carbons (Fsp3) is 0.600. The Morgan fingerprint density at radius 3 is 2.44 bits per heavy atom. The Labute approximate surface area is 110 Å². The highest BCUT2D eigenvalue weighted by molar-refractivity contribution is 5.40. The van der Waals surface area contributed by atoms with Crippen LogP contribution in [0.4, 0.5) is 0 Å². The zero-order valence-corrected chi connectivity index (χ0v) is 11.9. The predicted octanol–water partition coefficient (Wildman–Crippen LogP) is 3.01. The number of methoxy groups -OCH3 is 2. The first-order chi connectivity index (χ1) is 8.58. The van der Waals surface area contributed by atoms with Crippen molar-refractivity contribution in [2.75, 3.05) is 14.2 Å². The minimum Gasteiger partial charge on any atom is -0.497 e. The number of nitrogens with two attached hydrogens (primary N) is 1. The van der Waals surface area contributed by atoms with E-state index in [2.05, 4.69) is 13.8 Å². The quantitative estimate of drug-likeness (QED) is 0.810. The maximum absolute atomic E-state index is 6.05. The van der Waals surface area contributed by atoms with Crippen LogP contribution in [0.25, 0.3) is 0 Å². The maximum atomic E-state index is 6.05. The van der Waals surface area contributed by atoms with Gasteiger partial charge in [-0.15, -0.1) is 0 Å². The van der Waals surface area contributed by atoms with E-state index in [9.17, 15) is 0 Å². The molecule has 0 aliphatic carbocycles. The van der Waals surface area contributed by atoms with Gasteiger partial charge in [-0.05, 0) is 48.9 Å². The highest BCUT2D eigenvalue weighted by Gasteiger charge is 2.09. The lowest BCUT2D eigenvalue weighted by atomic mass is 9.97. The van der Waals surface area contributed by atoms with Crippen LogP contribution in [-0.4, -0.2) is 20.3 Å². The molecule has 0 radical (unpaired) electrons. The Morgan fingerprint density at radius 2 is 1.89 bits per heavy atom. The van der Waals surface area contributed by atoms with Gasteiger partial charge < -0.3 is 15.2 Å². The molecule has 102 valence electrons. The molecule has 3 nitrogen and oxygen atoms in total. The van der Waals surface area contributed by atoms with Crippen LogP contribution >= 0.6 is 0 Å². The molecular formula is C15H25NO2. The molecule has 0 amide bonds. The summed E-state index contributed by atoms with van der Waals surface area (Å²) in [4.78, 5) is 0. The van der Waals surface area contributed by atoms with E-state index in [1.54, 1.807) is 14.2 Å². The van der Waals surface area contributed by atoms with Crippen molar-refractivity contribution in [3.05, 3.63) is 23.8 Å². The number of hydrogen-bond donors (Lipinski definition) is 1. The summed E-state index contributed by atoms with van der Waals surface area (Å²) >= 11 is 0. The van der Waals surface area contributed by atoms with Crippen molar-refractivity contribution in [3.8, 4) is 11.5 Å². The third-order valence-electron chi connectivity index (χ3n) is 3.33. The Hall–Kier alpha value is -1.22. The molecule has 0 bridgehead atoms. The summed E-state index contributed by atoms with van der Waals surface area (Å²) in [5.74, 6) is 2.34. The number of benzene rings is 1. The van der Waals surface area contributed by atoms with Gasteiger partial charge in [0, 0.05) is 6.04 Å². The molecule has 1 rings (SSSR count). The Kier molecular flexibility index (Phi) is 5.99. The molecule has 0 saturated heterocycles. The van der Waals surface area contributed by atoms with Gasteiger partial charge in [-0.25, -0.2) is 0 Å². The molecule has 1 aromatic carbocycles. The van der Waals surface area contributed by atoms with Crippen molar-refractivity contribution in [3.63, 3.8) is 0 Å². The van der Waals surface area contributed by atoms with Crippen LogP contribution < -0.4 is 15.2 Å². The second-order valence-corrected chi connectivity index (χ2v) is 4.98. The van der Waals surface area contributed by atoms with Crippen molar-refractivity contribution >= 4 is 0 Å². The van der Waals surface area contributed by atoms with Gasteiger partial charge in [0.25, 0.3) is 0 Å². The molecule has 18 heavy (non-hydrogen) atoms. The summed E-state index contributed by atoms with van der Waals surface area (Å²) < 4.78 is 10.6. The lowest BCUT2D eigenvalue weighted by Gasteiger charge is -2.16. The molecule has 0 aliphatic heterocycles. The largest absolute Gasteiger partial charge is 0.497 e. The first-order valence-electron chi connectivity index (χ1n) is 6.55. The molecule has 0 fully saturated rings. The minimum absolute atomic E-state index is 0.279. The molecule has 0 aliphatic rings. The Bertz CT molecular complexity index is 364. The topological polar surface area (TPSA) is 44.5 Å². The fourth-order valence-electron chi connectivity index (χ4n) is 1.94. The van der Waals surface area contributed by atoms with E-state index in [1.807, 2.05) is 18.2 Å². The number of hydrogen-bond acceptors (Lipinski definition) is 3. The van der Waals surface area contributed by atoms with Crippen LogP contribution in [0, 0.1) is 5.92 Å². The van der Waals surface area contributed by atoms with E-state index in [-0.39, 0.29) is 6.04 Å². The third kappa shape index (κ3) is 4.22. The lowest BCUT2D eigenvalue weighted by Crippen LogP contribution is -2.26. The fourth-order valence-corrected chi connectivity index (χ4v) is 1.94. The molecule has 0 spiro atoms. The van der Waals surface area contributed by atoms with Crippen LogP contribution in [0.5, 0.6) is 11.5 Å². The van der Waals surface area contributed by atoms with Crippen LogP contribution in [0.2, 0.25) is 0 Å². The molecule has 0 aromatic heterocycles. The van der Waals surface area contributed by atoms with Gasteiger partial charge in [0.05, 0.1) is 14.2 Å². The molecule has 3 heteroatoms. The van der Waals surface area contributed by atoms with Crippen molar-refractivity contribution < 1.29 is 9.47 Å². The van der Waals surface area contributed by atoms with Crippen molar-refractivity contribution in [2.45, 2.75) is 39.2 Å². The van der Waals surface area contributed by atoms with Gasteiger partial charge in [-0.1, -0.05) is 13.8 Å². The Morgan fingerprint density at radius 1 is 1.17 bits per heavy atom. The standard InChI is InChI=1S/C15H25NO2/c1-11(2)14(16)7-5-6-12-10-13(17-3)8-9-15(12)18-4/h8-11,14H,5-7,16H2,1-4H3. The van der Waals surface area contributed by atoms with Gasteiger partial charge in [-0.3, -0.25) is 0 Å². The van der Waals surface area contributed by atoms with Crippen molar-refractivity contribution in [2.24, 2.45) is 11.7 Å². The summed E-state index contributed by atoms with van der Waals surface area (Å²) in [6, 6.07) is 6.19. The highest BCUT2D eigenvalue weighted by atomic mass is 16.5. The Balaban J connectivity index is 2.59. The zero-order chi connectivity index (χ0) is 13.5. The molecule has 0 saturated carbocycles. The second kappa shape index (κ2) is 7.27. The summed E-state index contributed by atoms with van der Waals surface area (Å²) in [6.45, 7) is 4.33. The highest BCUT2D eigenvalue weighted by Crippen LogP contribution is 2.25. The molecule has 2 N–H and O–H groups in total. The number of aryl methyl sites for hydroxylation is 1. The molecule has 0 heterocycles. The van der Waals surface area contributed by atoms with Gasteiger partial charge in [0.1, 0.15) is 11.5 Å². The molecule has 1 aromatic rings. The molecule has 1 unspecified atom stereocenters. The van der Waals surface area contributed by atoms with E-state index >= 15 is 0 Å². The van der Waals surface area contributed by atoms with Crippen molar-refractivity contribution in [1.82, 2.24) is 0 Å². The normalized spacial score (nSPS) is 12.6. The van der Waals surface area contributed by atoms with Gasteiger partial charge in [0.2, 0.25) is 0 Å². The first kappa shape index (κ1) is 14.8. The first-order valence-corrected chi connectivity index (χ1v) is 6.55. The summed E-state index contributed by atoms with van der Waals surface area (Å²) in [5, 5.41) is 0. The average Bonchev–Trinajstić information content (AvgIpc) is 2.38. The van der Waals surface area contributed by atoms with Crippen LogP contribution in [0.15, 0.2) is 18.2 Å². The van der Waals surface area contributed by atoms with E-state index in [0.29, 0.717) is 5.92 Å². The van der Waals surface area contributed by atoms with Crippen molar-refractivity contribution in [1.29, 1.82) is 0 Å². The van der Waals surface area contributed by atoms with Crippen LogP contribution in [0.1, 0.15) is 32.3 Å². The molecular weight excluding hydrogens is 226 g/mol. The summed E-state index contributed by atoms with van der Waals surface area (Å²) in [7, 11) is 3.38. The van der Waals surface area contributed by atoms with E-state index in [4.69, 9.17) is 15.2 Å². The van der Waals surface area contributed by atoms with E-state index in [0.717, 1.165) is 30.8 Å². The van der Waals surface area contributed by atoms with E-state index < -0.39 is 0 Å². The maximum Gasteiger partial charge on any atom is 0.122 e. The lowest BCUT2D eigenvalue weighted by molar-refractivity contribution is 0.396. The summed E-state index contributed by atoms with van der Waals surface area (Å²) in [5.41, 5.74) is 7.24. The van der Waals surface area contributed by atoms with E-state index in [1.165, 1.54) is 5.56 Å². The van der Waals surface area contributed by atoms with Crippen LogP contribution in [0.3, 0.4) is 0 Å². The smallest absolute Gasteiger partial charge is 0.122 e. The third-order valence-corrected chi connectivity index (χ3v) is 3.33. The zero-order valence-electron chi connectivity index (χ0n) is 11.9. The number of rotatable bonds is 7. The number of ether oxygens (including phenoxy) is 2. The monoisotopic (exact) mass is 251 g/mol. The molecule has 1 atom stereocenters. The van der Waals surface area contributed by atoms with Gasteiger partial charge in [-0.2, -0.15) is 0 Å². The van der Waals surface area contributed by atoms with Gasteiger partial charge >= 0.3 is 0 Å². The average molecular weight is 251 g/mol. The van der Waals surface area contributed by atoms with Gasteiger partial charge in [0.15, 0.2) is 0 Å². The summed E-state index contributed by atoms with van der Waals surface area (Å²) in [6.07, 6.45) is 3.09. The predicted molar refractivity (Wildman–Crippen MR) is 75.3 cm³/mol.